The number of ketones is 1. The zero-order valence-corrected chi connectivity index (χ0v) is 13.1. The molecule has 1 aliphatic heterocycles. The fourth-order valence-corrected chi connectivity index (χ4v) is 2.34. The van der Waals surface area contributed by atoms with Crippen molar-refractivity contribution in [3.05, 3.63) is 72.2 Å². The molecule has 120 valence electrons. The smallest absolute Gasteiger partial charge is 0.173 e. The first-order chi connectivity index (χ1) is 11.2. The van der Waals surface area contributed by atoms with Crippen molar-refractivity contribution < 1.29 is 13.9 Å². The van der Waals surface area contributed by atoms with Gasteiger partial charge in [0.25, 0.3) is 0 Å². The first-order valence-corrected chi connectivity index (χ1v) is 7.44. The summed E-state index contributed by atoms with van der Waals surface area (Å²) < 4.78 is 19.5. The van der Waals surface area contributed by atoms with Crippen LogP contribution in [0.5, 0.6) is 5.75 Å². The molecule has 0 aliphatic carbocycles. The largest absolute Gasteiger partial charge is 0.492 e. The third kappa shape index (κ3) is 4.42. The average Bonchev–Trinajstić information content (AvgIpc) is 2.56. The number of halogens is 1. The molecule has 0 amide bonds. The molecule has 1 heterocycles. The summed E-state index contributed by atoms with van der Waals surface area (Å²) in [6.07, 6.45) is 9.89. The van der Waals surface area contributed by atoms with Crippen molar-refractivity contribution in [2.24, 2.45) is 5.92 Å². The van der Waals surface area contributed by atoms with Crippen LogP contribution in [0.2, 0.25) is 0 Å². The van der Waals surface area contributed by atoms with Gasteiger partial charge < -0.3 is 10.1 Å². The standard InChI is InChI=1S/C19H20FNO2/c1-3-4-6-14-8-9-18-17(11-14)19(22)15(13-23-18)12-16(20)7-5-10-21-2/h3-11,15,21H,1,12-13H2,2H3/b6-4-,10-5-,16-7+. The molecule has 4 heteroatoms. The molecule has 0 spiro atoms. The van der Waals surface area contributed by atoms with Crippen molar-refractivity contribution in [2.45, 2.75) is 6.42 Å². The van der Waals surface area contributed by atoms with Crippen molar-refractivity contribution >= 4 is 11.9 Å². The van der Waals surface area contributed by atoms with Crippen molar-refractivity contribution in [1.82, 2.24) is 5.32 Å². The van der Waals surface area contributed by atoms with Gasteiger partial charge in [-0.05, 0) is 36.0 Å². The number of nitrogens with one attached hydrogen (secondary N) is 1. The maximum absolute atomic E-state index is 13.9. The quantitative estimate of drug-likeness (QED) is 0.805. The van der Waals surface area contributed by atoms with E-state index in [4.69, 9.17) is 4.74 Å². The lowest BCUT2D eigenvalue weighted by Crippen LogP contribution is -2.28. The second-order valence-electron chi connectivity index (χ2n) is 5.19. The van der Waals surface area contributed by atoms with Crippen LogP contribution in [-0.2, 0) is 0 Å². The minimum absolute atomic E-state index is 0.0407. The van der Waals surface area contributed by atoms with Gasteiger partial charge in [-0.3, -0.25) is 4.79 Å². The number of carbonyl (C=O) groups excluding carboxylic acids is 1. The average molecular weight is 313 g/mol. The second-order valence-corrected chi connectivity index (χ2v) is 5.19. The normalized spacial score (nSPS) is 18.1. The zero-order valence-electron chi connectivity index (χ0n) is 13.1. The van der Waals surface area contributed by atoms with Gasteiger partial charge in [-0.25, -0.2) is 4.39 Å². The Morgan fingerprint density at radius 1 is 1.48 bits per heavy atom. The van der Waals surface area contributed by atoms with Gasteiger partial charge in [0, 0.05) is 13.5 Å². The van der Waals surface area contributed by atoms with Gasteiger partial charge in [0.1, 0.15) is 11.6 Å². The molecule has 1 aliphatic rings. The van der Waals surface area contributed by atoms with E-state index in [0.29, 0.717) is 11.3 Å². The van der Waals surface area contributed by atoms with Crippen LogP contribution >= 0.6 is 0 Å². The highest BCUT2D eigenvalue weighted by atomic mass is 19.1. The number of hydrogen-bond acceptors (Lipinski definition) is 3. The maximum atomic E-state index is 13.9. The van der Waals surface area contributed by atoms with E-state index in [0.717, 1.165) is 5.56 Å². The van der Waals surface area contributed by atoms with E-state index >= 15 is 0 Å². The van der Waals surface area contributed by atoms with Gasteiger partial charge in [0.15, 0.2) is 5.78 Å². The fourth-order valence-electron chi connectivity index (χ4n) is 2.34. The minimum atomic E-state index is -0.500. The summed E-state index contributed by atoms with van der Waals surface area (Å²) in [6, 6.07) is 5.41. The first kappa shape index (κ1) is 16.7. The molecule has 2 rings (SSSR count). The summed E-state index contributed by atoms with van der Waals surface area (Å²) in [5.41, 5.74) is 1.39. The predicted octanol–water partition coefficient (Wildman–Crippen LogP) is 4.05. The Bertz CT molecular complexity index is 674. The number of rotatable bonds is 6. The summed E-state index contributed by atoms with van der Waals surface area (Å²) in [4.78, 5) is 12.6. The number of carbonyl (C=O) groups is 1. The van der Waals surface area contributed by atoms with Crippen molar-refractivity contribution in [1.29, 1.82) is 0 Å². The van der Waals surface area contributed by atoms with Crippen LogP contribution in [0.25, 0.3) is 6.08 Å². The molecular formula is C19H20FNO2. The number of Topliss-reactive ketones (excluding diaryl/α,β-unsaturated/α-hetero) is 1. The van der Waals surface area contributed by atoms with Crippen molar-refractivity contribution in [2.75, 3.05) is 13.7 Å². The van der Waals surface area contributed by atoms with E-state index in [1.807, 2.05) is 12.1 Å². The Labute approximate surface area is 135 Å². The molecule has 23 heavy (non-hydrogen) atoms. The number of hydrogen-bond donors (Lipinski definition) is 1. The maximum Gasteiger partial charge on any atom is 0.173 e. The minimum Gasteiger partial charge on any atom is -0.492 e. The highest BCUT2D eigenvalue weighted by Crippen LogP contribution is 2.31. The zero-order chi connectivity index (χ0) is 16.7. The highest BCUT2D eigenvalue weighted by molar-refractivity contribution is 6.01. The summed E-state index contributed by atoms with van der Waals surface area (Å²) >= 11 is 0. The Balaban J connectivity index is 2.16. The molecular weight excluding hydrogens is 293 g/mol. The third-order valence-corrected chi connectivity index (χ3v) is 3.49. The highest BCUT2D eigenvalue weighted by Gasteiger charge is 2.29. The number of benzene rings is 1. The van der Waals surface area contributed by atoms with Gasteiger partial charge in [0.2, 0.25) is 0 Å². The Hall–Kier alpha value is -2.62. The third-order valence-electron chi connectivity index (χ3n) is 3.49. The van der Waals surface area contributed by atoms with E-state index in [2.05, 4.69) is 11.9 Å². The molecule has 0 bridgehead atoms. The van der Waals surface area contributed by atoms with Gasteiger partial charge >= 0.3 is 0 Å². The topological polar surface area (TPSA) is 38.3 Å². The molecule has 3 nitrogen and oxygen atoms in total. The molecule has 1 aromatic rings. The van der Waals surface area contributed by atoms with E-state index in [9.17, 15) is 9.18 Å². The predicted molar refractivity (Wildman–Crippen MR) is 91.0 cm³/mol. The van der Waals surface area contributed by atoms with E-state index in [1.165, 1.54) is 6.08 Å². The number of allylic oxidation sites excluding steroid dienone is 5. The van der Waals surface area contributed by atoms with E-state index < -0.39 is 5.92 Å². The fraction of sp³-hybridized carbons (Fsp3) is 0.211. The van der Waals surface area contributed by atoms with Crippen LogP contribution in [0, 0.1) is 5.92 Å². The molecule has 0 radical (unpaired) electrons. The monoisotopic (exact) mass is 313 g/mol. The summed E-state index contributed by atoms with van der Waals surface area (Å²) in [6.45, 7) is 3.82. The van der Waals surface area contributed by atoms with Crippen LogP contribution < -0.4 is 10.1 Å². The van der Waals surface area contributed by atoms with Gasteiger partial charge in [-0.1, -0.05) is 30.9 Å². The van der Waals surface area contributed by atoms with E-state index in [-0.39, 0.29) is 24.6 Å². The van der Waals surface area contributed by atoms with Gasteiger partial charge in [0.05, 0.1) is 18.1 Å². The van der Waals surface area contributed by atoms with E-state index in [1.54, 1.807) is 43.6 Å². The van der Waals surface area contributed by atoms with Crippen LogP contribution in [-0.4, -0.2) is 19.4 Å². The van der Waals surface area contributed by atoms with Crippen molar-refractivity contribution in [3.8, 4) is 5.75 Å². The SMILES string of the molecule is C=C/C=C\c1ccc2c(c1)C(=O)C(C/C(F)=C\C=C/NC)CO2. The second kappa shape index (κ2) is 8.13. The Kier molecular flexibility index (Phi) is 5.92. The molecule has 1 atom stereocenters. The molecule has 0 saturated heterocycles. The van der Waals surface area contributed by atoms with Crippen molar-refractivity contribution in [3.63, 3.8) is 0 Å². The molecule has 0 aromatic heterocycles. The summed E-state index contributed by atoms with van der Waals surface area (Å²) in [5, 5.41) is 2.77. The molecule has 0 saturated carbocycles. The van der Waals surface area contributed by atoms with Crippen LogP contribution in [0.1, 0.15) is 22.3 Å². The molecule has 1 aromatic carbocycles. The molecule has 0 fully saturated rings. The number of fused-ring (bicyclic) bond motifs is 1. The lowest BCUT2D eigenvalue weighted by atomic mass is 9.91. The lowest BCUT2D eigenvalue weighted by molar-refractivity contribution is 0.0824. The lowest BCUT2D eigenvalue weighted by Gasteiger charge is -2.24. The summed E-state index contributed by atoms with van der Waals surface area (Å²) in [7, 11) is 1.73. The number of ether oxygens (including phenoxy) is 1. The van der Waals surface area contributed by atoms with Crippen LogP contribution in [0.15, 0.2) is 61.1 Å². The molecule has 1 unspecified atom stereocenters. The Morgan fingerprint density at radius 2 is 2.30 bits per heavy atom. The van der Waals surface area contributed by atoms with Gasteiger partial charge in [-0.15, -0.1) is 0 Å². The molecule has 1 N–H and O–H groups in total. The van der Waals surface area contributed by atoms with Crippen LogP contribution in [0.3, 0.4) is 0 Å². The van der Waals surface area contributed by atoms with Gasteiger partial charge in [-0.2, -0.15) is 0 Å². The summed E-state index contributed by atoms with van der Waals surface area (Å²) in [5.74, 6) is -0.368. The van der Waals surface area contributed by atoms with Crippen LogP contribution in [0.4, 0.5) is 4.39 Å². The Morgan fingerprint density at radius 3 is 3.04 bits per heavy atom. The first-order valence-electron chi connectivity index (χ1n) is 7.44.